The fourth-order valence-corrected chi connectivity index (χ4v) is 2.41. The van der Waals surface area contributed by atoms with Crippen LogP contribution in [0.5, 0.6) is 0 Å². The Morgan fingerprint density at radius 3 is 2.75 bits per heavy atom. The van der Waals surface area contributed by atoms with Gasteiger partial charge in [0.2, 0.25) is 11.1 Å². The summed E-state index contributed by atoms with van der Waals surface area (Å²) in [6.07, 6.45) is 1.90. The average molecular weight is 300 g/mol. The second kappa shape index (κ2) is 9.71. The molecule has 0 bridgehead atoms. The van der Waals surface area contributed by atoms with Crippen molar-refractivity contribution in [1.82, 2.24) is 30.8 Å². The third-order valence-corrected chi connectivity index (χ3v) is 3.89. The molecule has 1 aromatic rings. The Morgan fingerprint density at radius 2 is 2.10 bits per heavy atom. The molecule has 8 heteroatoms. The number of carbonyl (C=O) groups excluding carboxylic acids is 1. The fourth-order valence-electron chi connectivity index (χ4n) is 1.69. The number of hydrogen-bond acceptors (Lipinski definition) is 6. The van der Waals surface area contributed by atoms with Crippen molar-refractivity contribution in [2.75, 3.05) is 18.8 Å². The van der Waals surface area contributed by atoms with E-state index in [9.17, 15) is 4.79 Å². The highest BCUT2D eigenvalue weighted by Crippen LogP contribution is 2.13. The van der Waals surface area contributed by atoms with Gasteiger partial charge in [0.1, 0.15) is 0 Å². The summed E-state index contributed by atoms with van der Waals surface area (Å²) in [6, 6.07) is 0.257. The van der Waals surface area contributed by atoms with E-state index in [1.165, 1.54) is 11.8 Å². The molecule has 0 aliphatic carbocycles. The van der Waals surface area contributed by atoms with Crippen molar-refractivity contribution >= 4 is 17.7 Å². The predicted octanol–water partition coefficient (Wildman–Crippen LogP) is 0.680. The molecule has 1 heterocycles. The number of amides is 1. The van der Waals surface area contributed by atoms with Crippen molar-refractivity contribution in [3.63, 3.8) is 0 Å². The van der Waals surface area contributed by atoms with Gasteiger partial charge in [-0.1, -0.05) is 32.5 Å². The Morgan fingerprint density at radius 1 is 1.35 bits per heavy atom. The standard InChI is InChI=1S/C12H24N6OS/c1-4-10(5-2)14-11(19)9-20-12-15-16-17-18(12)8-7-13-6-3/h10,13H,4-9H2,1-3H3,(H,14,19). The topological polar surface area (TPSA) is 84.7 Å². The molecule has 0 atom stereocenters. The molecule has 1 rings (SSSR count). The molecule has 0 saturated carbocycles. The van der Waals surface area contributed by atoms with Gasteiger partial charge >= 0.3 is 0 Å². The third-order valence-electron chi connectivity index (χ3n) is 2.93. The maximum Gasteiger partial charge on any atom is 0.230 e. The molecular formula is C12H24N6OS. The molecule has 0 fully saturated rings. The molecule has 7 nitrogen and oxygen atoms in total. The lowest BCUT2D eigenvalue weighted by atomic mass is 10.2. The summed E-state index contributed by atoms with van der Waals surface area (Å²) in [5.74, 6) is 0.378. The zero-order valence-corrected chi connectivity index (χ0v) is 13.2. The SMILES string of the molecule is CCNCCn1nnnc1SCC(=O)NC(CC)CC. The van der Waals surface area contributed by atoms with Gasteiger partial charge in [-0.25, -0.2) is 4.68 Å². The summed E-state index contributed by atoms with van der Waals surface area (Å²) in [4.78, 5) is 11.8. The fraction of sp³-hybridized carbons (Fsp3) is 0.833. The van der Waals surface area contributed by atoms with Gasteiger partial charge in [-0.3, -0.25) is 4.79 Å². The van der Waals surface area contributed by atoms with Crippen LogP contribution in [0.25, 0.3) is 0 Å². The zero-order valence-electron chi connectivity index (χ0n) is 12.4. The van der Waals surface area contributed by atoms with Gasteiger partial charge in [0, 0.05) is 12.6 Å². The highest BCUT2D eigenvalue weighted by Gasteiger charge is 2.12. The quantitative estimate of drug-likeness (QED) is 0.488. The van der Waals surface area contributed by atoms with Crippen LogP contribution in [0.1, 0.15) is 33.6 Å². The van der Waals surface area contributed by atoms with E-state index >= 15 is 0 Å². The first-order valence-electron chi connectivity index (χ1n) is 7.10. The third kappa shape index (κ3) is 5.87. The maximum absolute atomic E-state index is 11.8. The molecule has 0 spiro atoms. The summed E-state index contributed by atoms with van der Waals surface area (Å²) < 4.78 is 1.72. The molecule has 2 N–H and O–H groups in total. The molecule has 0 aromatic carbocycles. The molecule has 0 aliphatic heterocycles. The predicted molar refractivity (Wildman–Crippen MR) is 79.6 cm³/mol. The lowest BCUT2D eigenvalue weighted by Gasteiger charge is -2.14. The largest absolute Gasteiger partial charge is 0.353 e. The van der Waals surface area contributed by atoms with Gasteiger partial charge in [0.05, 0.1) is 12.3 Å². The van der Waals surface area contributed by atoms with Crippen LogP contribution in [0.15, 0.2) is 5.16 Å². The molecule has 1 aromatic heterocycles. The minimum Gasteiger partial charge on any atom is -0.353 e. The van der Waals surface area contributed by atoms with Gasteiger partial charge in [-0.2, -0.15) is 0 Å². The average Bonchev–Trinajstić information content (AvgIpc) is 2.90. The van der Waals surface area contributed by atoms with Crippen molar-refractivity contribution in [3.05, 3.63) is 0 Å². The van der Waals surface area contributed by atoms with Crippen LogP contribution in [-0.2, 0) is 11.3 Å². The van der Waals surface area contributed by atoms with E-state index in [4.69, 9.17) is 0 Å². The molecule has 20 heavy (non-hydrogen) atoms. The number of hydrogen-bond donors (Lipinski definition) is 2. The number of tetrazole rings is 1. The molecule has 1 amide bonds. The van der Waals surface area contributed by atoms with Gasteiger partial charge < -0.3 is 10.6 Å². The number of carbonyl (C=O) groups is 1. The van der Waals surface area contributed by atoms with Crippen LogP contribution >= 0.6 is 11.8 Å². The first-order valence-corrected chi connectivity index (χ1v) is 8.08. The monoisotopic (exact) mass is 300 g/mol. The number of thioether (sulfide) groups is 1. The highest BCUT2D eigenvalue weighted by atomic mass is 32.2. The van der Waals surface area contributed by atoms with E-state index in [0.29, 0.717) is 17.5 Å². The summed E-state index contributed by atoms with van der Waals surface area (Å²) in [5.41, 5.74) is 0. The summed E-state index contributed by atoms with van der Waals surface area (Å²) in [6.45, 7) is 8.64. The number of nitrogens with one attached hydrogen (secondary N) is 2. The van der Waals surface area contributed by atoms with E-state index in [-0.39, 0.29) is 11.9 Å². The van der Waals surface area contributed by atoms with Crippen molar-refractivity contribution in [2.24, 2.45) is 0 Å². The van der Waals surface area contributed by atoms with Crippen molar-refractivity contribution in [1.29, 1.82) is 0 Å². The molecule has 0 radical (unpaired) electrons. The first-order chi connectivity index (χ1) is 9.71. The lowest BCUT2D eigenvalue weighted by molar-refractivity contribution is -0.119. The second-order valence-corrected chi connectivity index (χ2v) is 5.35. The van der Waals surface area contributed by atoms with E-state index < -0.39 is 0 Å². The van der Waals surface area contributed by atoms with E-state index in [1.807, 2.05) is 0 Å². The Balaban J connectivity index is 2.37. The summed E-state index contributed by atoms with van der Waals surface area (Å²) in [5, 5.41) is 18.4. The number of aromatic nitrogens is 4. The van der Waals surface area contributed by atoms with Crippen LogP contribution in [0.2, 0.25) is 0 Å². The van der Waals surface area contributed by atoms with Crippen molar-refractivity contribution < 1.29 is 4.79 Å². The summed E-state index contributed by atoms with van der Waals surface area (Å²) in [7, 11) is 0. The Labute approximate surface area is 124 Å². The first kappa shape index (κ1) is 16.9. The Bertz CT molecular complexity index is 393. The van der Waals surface area contributed by atoms with Gasteiger partial charge in [-0.05, 0) is 29.8 Å². The Kier molecular flexibility index (Phi) is 8.20. The number of nitrogens with zero attached hydrogens (tertiary/aromatic N) is 4. The maximum atomic E-state index is 11.8. The van der Waals surface area contributed by atoms with Crippen LogP contribution in [0.3, 0.4) is 0 Å². The van der Waals surface area contributed by atoms with Gasteiger partial charge in [0.15, 0.2) is 0 Å². The molecule has 0 unspecified atom stereocenters. The molecular weight excluding hydrogens is 276 g/mol. The lowest BCUT2D eigenvalue weighted by Crippen LogP contribution is -2.35. The molecule has 0 saturated heterocycles. The van der Waals surface area contributed by atoms with E-state index in [1.54, 1.807) is 4.68 Å². The van der Waals surface area contributed by atoms with Crippen molar-refractivity contribution in [2.45, 2.75) is 51.4 Å². The van der Waals surface area contributed by atoms with Crippen molar-refractivity contribution in [3.8, 4) is 0 Å². The van der Waals surface area contributed by atoms with Gasteiger partial charge in [-0.15, -0.1) is 5.10 Å². The smallest absolute Gasteiger partial charge is 0.230 e. The van der Waals surface area contributed by atoms with Crippen LogP contribution in [0.4, 0.5) is 0 Å². The minimum atomic E-state index is 0.0323. The molecule has 0 aliphatic rings. The summed E-state index contributed by atoms with van der Waals surface area (Å²) >= 11 is 1.37. The van der Waals surface area contributed by atoms with Crippen LogP contribution in [-0.4, -0.2) is 51.0 Å². The normalized spacial score (nSPS) is 11.0. The zero-order chi connectivity index (χ0) is 14.8. The number of likely N-dealkylation sites (N-methyl/N-ethyl adjacent to an activating group) is 1. The highest BCUT2D eigenvalue weighted by molar-refractivity contribution is 7.99. The molecule has 114 valence electrons. The van der Waals surface area contributed by atoms with Crippen LogP contribution < -0.4 is 10.6 Å². The minimum absolute atomic E-state index is 0.0323. The Hall–Kier alpha value is -1.15. The van der Waals surface area contributed by atoms with E-state index in [0.717, 1.165) is 25.9 Å². The van der Waals surface area contributed by atoms with E-state index in [2.05, 4.69) is 46.9 Å². The van der Waals surface area contributed by atoms with Crippen LogP contribution in [0, 0.1) is 0 Å². The second-order valence-electron chi connectivity index (χ2n) is 4.41. The van der Waals surface area contributed by atoms with Gasteiger partial charge in [0.25, 0.3) is 0 Å². The number of rotatable bonds is 10.